The van der Waals surface area contributed by atoms with Crippen molar-refractivity contribution in [3.63, 3.8) is 0 Å². The first-order chi connectivity index (χ1) is 52.6. The summed E-state index contributed by atoms with van der Waals surface area (Å²) in [6, 6.07) is 0. The van der Waals surface area contributed by atoms with Crippen LogP contribution >= 0.6 is 15.6 Å². The number of carbonyl (C=O) groups is 4. The fourth-order valence-corrected chi connectivity index (χ4v) is 15.6. The molecule has 648 valence electrons. The summed E-state index contributed by atoms with van der Waals surface area (Å²) < 4.78 is 69.0. The Morgan fingerprint density at radius 3 is 0.569 bits per heavy atom. The molecule has 0 aromatic heterocycles. The van der Waals surface area contributed by atoms with Gasteiger partial charge in [-0.1, -0.05) is 421 Å². The Hall–Kier alpha value is -1.94. The molecule has 0 amide bonds. The van der Waals surface area contributed by atoms with E-state index < -0.39 is 97.5 Å². The van der Waals surface area contributed by atoms with Crippen molar-refractivity contribution in [2.45, 2.75) is 491 Å². The molecule has 5 atom stereocenters. The minimum absolute atomic E-state index is 0.107. The number of phosphoric acid groups is 2. The Morgan fingerprint density at radius 2 is 0.385 bits per heavy atom. The number of carbonyl (C=O) groups excluding carboxylic acids is 4. The van der Waals surface area contributed by atoms with Crippen molar-refractivity contribution in [1.82, 2.24) is 0 Å². The van der Waals surface area contributed by atoms with Gasteiger partial charge in [0.1, 0.15) is 19.3 Å². The van der Waals surface area contributed by atoms with E-state index in [1.54, 1.807) is 0 Å². The summed E-state index contributed by atoms with van der Waals surface area (Å²) in [5, 5.41) is 10.7. The van der Waals surface area contributed by atoms with Gasteiger partial charge in [-0.25, -0.2) is 9.13 Å². The Kier molecular flexibility index (Phi) is 77.2. The molecule has 19 heteroatoms. The zero-order valence-corrected chi connectivity index (χ0v) is 74.0. The van der Waals surface area contributed by atoms with Crippen LogP contribution in [-0.4, -0.2) is 96.7 Å². The van der Waals surface area contributed by atoms with Crippen LogP contribution in [0.25, 0.3) is 0 Å². The molecule has 3 unspecified atom stereocenters. The van der Waals surface area contributed by atoms with Crippen LogP contribution in [0.2, 0.25) is 0 Å². The molecule has 109 heavy (non-hydrogen) atoms. The molecular formula is C90H176O17P2. The number of hydrogen-bond acceptors (Lipinski definition) is 15. The van der Waals surface area contributed by atoms with Crippen LogP contribution in [0, 0.1) is 23.7 Å². The predicted octanol–water partition coefficient (Wildman–Crippen LogP) is 27.5. The first-order valence-corrected chi connectivity index (χ1v) is 49.2. The maximum absolute atomic E-state index is 13.2. The molecule has 0 rings (SSSR count). The van der Waals surface area contributed by atoms with Crippen molar-refractivity contribution in [3.8, 4) is 0 Å². The summed E-state index contributed by atoms with van der Waals surface area (Å²) in [7, 11) is -9.94. The van der Waals surface area contributed by atoms with Crippen molar-refractivity contribution in [1.29, 1.82) is 0 Å². The van der Waals surface area contributed by atoms with Crippen molar-refractivity contribution >= 4 is 39.5 Å². The first-order valence-electron chi connectivity index (χ1n) is 46.2. The van der Waals surface area contributed by atoms with Crippen LogP contribution in [-0.2, 0) is 65.4 Å². The summed E-state index contributed by atoms with van der Waals surface area (Å²) >= 11 is 0. The van der Waals surface area contributed by atoms with E-state index in [-0.39, 0.29) is 25.7 Å². The van der Waals surface area contributed by atoms with E-state index in [2.05, 4.69) is 55.4 Å². The normalized spacial score (nSPS) is 13.9. The molecular weight excluding hydrogens is 1410 g/mol. The van der Waals surface area contributed by atoms with Crippen molar-refractivity contribution in [2.75, 3.05) is 39.6 Å². The fourth-order valence-electron chi connectivity index (χ4n) is 14.0. The van der Waals surface area contributed by atoms with Gasteiger partial charge < -0.3 is 33.8 Å². The quantitative estimate of drug-likeness (QED) is 0.0222. The van der Waals surface area contributed by atoms with Crippen LogP contribution in [0.4, 0.5) is 0 Å². The van der Waals surface area contributed by atoms with Gasteiger partial charge in [-0.3, -0.25) is 37.3 Å². The Balaban J connectivity index is 5.21. The average molecular weight is 1590 g/mol. The number of unbranched alkanes of at least 4 members (excludes halogenated alkanes) is 53. The molecule has 0 radical (unpaired) electrons. The molecule has 0 heterocycles. The minimum atomic E-state index is -4.97. The second kappa shape index (κ2) is 78.6. The highest BCUT2D eigenvalue weighted by Crippen LogP contribution is 2.45. The van der Waals surface area contributed by atoms with Gasteiger partial charge in [-0.2, -0.15) is 0 Å². The van der Waals surface area contributed by atoms with Gasteiger partial charge in [0.05, 0.1) is 26.4 Å². The highest BCUT2D eigenvalue weighted by molar-refractivity contribution is 7.47. The predicted molar refractivity (Wildman–Crippen MR) is 451 cm³/mol. The second-order valence-electron chi connectivity index (χ2n) is 34.2. The number of ether oxygens (including phenoxy) is 4. The number of aliphatic hydroxyl groups is 1. The number of phosphoric ester groups is 2. The molecule has 0 aliphatic carbocycles. The summed E-state index contributed by atoms with van der Waals surface area (Å²) in [6.45, 7) is 14.4. The second-order valence-corrected chi connectivity index (χ2v) is 37.2. The molecule has 0 aliphatic rings. The van der Waals surface area contributed by atoms with Gasteiger partial charge in [0.15, 0.2) is 12.2 Å². The Bertz CT molecular complexity index is 2110. The van der Waals surface area contributed by atoms with E-state index >= 15 is 0 Å². The van der Waals surface area contributed by atoms with Crippen LogP contribution < -0.4 is 0 Å². The van der Waals surface area contributed by atoms with Gasteiger partial charge in [-0.05, 0) is 49.4 Å². The smallest absolute Gasteiger partial charge is 0.462 e. The maximum atomic E-state index is 13.2. The summed E-state index contributed by atoms with van der Waals surface area (Å²) in [6.07, 6.45) is 69.6. The van der Waals surface area contributed by atoms with Crippen molar-refractivity contribution < 1.29 is 80.2 Å². The molecule has 0 aromatic rings. The summed E-state index contributed by atoms with van der Waals surface area (Å²) in [5.74, 6) is 1.04. The highest BCUT2D eigenvalue weighted by atomic mass is 31.2. The molecule has 0 aliphatic heterocycles. The lowest BCUT2D eigenvalue weighted by Gasteiger charge is -2.21. The Labute approximate surface area is 670 Å². The lowest BCUT2D eigenvalue weighted by molar-refractivity contribution is -0.161. The highest BCUT2D eigenvalue weighted by Gasteiger charge is 2.31. The third-order valence-electron chi connectivity index (χ3n) is 21.1. The molecule has 3 N–H and O–H groups in total. The SMILES string of the molecule is CC(C)CCCCCCCCCCCCCCCCCCCCC(=O)O[C@H](COC(=O)CCCCCCCCCC(C)C)COP(=O)(O)OCC(O)COP(=O)(O)OC[C@@H](COC(=O)CCCCCCCCCCCCCCCCCCC(C)C)OC(=O)CCCCCCCCCCCCCCCCCCC(C)C. The topological polar surface area (TPSA) is 237 Å². The van der Waals surface area contributed by atoms with Crippen LogP contribution in [0.3, 0.4) is 0 Å². The monoisotopic (exact) mass is 1590 g/mol. The van der Waals surface area contributed by atoms with Crippen molar-refractivity contribution in [3.05, 3.63) is 0 Å². The van der Waals surface area contributed by atoms with E-state index in [0.717, 1.165) is 114 Å². The molecule has 0 saturated carbocycles. The standard InChI is InChI=1S/C90H176O17P2/c1-80(2)66-58-50-42-35-29-23-17-11-9-10-12-21-27-33-39-47-56-64-73-90(95)107-86(77-101-88(93)71-63-55-49-41-45-53-61-69-83(7)8)79-105-109(98,99)103-75-84(91)74-102-108(96,97)104-78-85(106-89(94)72-65-57-48-40-34-28-22-16-14-19-25-31-37-44-52-60-68-82(5)6)76-100-87(92)70-62-54-46-38-32-26-20-15-13-18-24-30-36-43-51-59-67-81(3)4/h80-86,91H,9-79H2,1-8H3,(H,96,97)(H,98,99)/t84?,85-,86-/m1/s1. The van der Waals surface area contributed by atoms with Gasteiger partial charge in [-0.15, -0.1) is 0 Å². The third kappa shape index (κ3) is 83.8. The molecule has 0 aromatic carbocycles. The first kappa shape index (κ1) is 107. The Morgan fingerprint density at radius 1 is 0.229 bits per heavy atom. The molecule has 0 saturated heterocycles. The minimum Gasteiger partial charge on any atom is -0.462 e. The van der Waals surface area contributed by atoms with E-state index in [1.165, 1.54) is 270 Å². The third-order valence-corrected chi connectivity index (χ3v) is 23.0. The average Bonchev–Trinajstić information content (AvgIpc) is 0.898. The summed E-state index contributed by atoms with van der Waals surface area (Å²) in [4.78, 5) is 73.3. The van der Waals surface area contributed by atoms with E-state index in [1.807, 2.05) is 0 Å². The van der Waals surface area contributed by atoms with E-state index in [0.29, 0.717) is 31.6 Å². The van der Waals surface area contributed by atoms with Gasteiger partial charge in [0.25, 0.3) is 0 Å². The summed E-state index contributed by atoms with van der Waals surface area (Å²) in [5.41, 5.74) is 0. The molecule has 17 nitrogen and oxygen atoms in total. The largest absolute Gasteiger partial charge is 0.472 e. The zero-order chi connectivity index (χ0) is 80.2. The van der Waals surface area contributed by atoms with Gasteiger partial charge in [0.2, 0.25) is 0 Å². The zero-order valence-electron chi connectivity index (χ0n) is 72.2. The number of esters is 4. The molecule has 0 fully saturated rings. The van der Waals surface area contributed by atoms with Crippen molar-refractivity contribution in [2.24, 2.45) is 23.7 Å². The van der Waals surface area contributed by atoms with Crippen LogP contribution in [0.15, 0.2) is 0 Å². The number of aliphatic hydroxyl groups excluding tert-OH is 1. The van der Waals surface area contributed by atoms with Gasteiger partial charge in [0, 0.05) is 25.7 Å². The maximum Gasteiger partial charge on any atom is 0.472 e. The molecule has 0 bridgehead atoms. The number of rotatable bonds is 87. The lowest BCUT2D eigenvalue weighted by atomic mass is 10.0. The van der Waals surface area contributed by atoms with E-state index in [4.69, 9.17) is 37.0 Å². The molecule has 0 spiro atoms. The fraction of sp³-hybridized carbons (Fsp3) is 0.956. The van der Waals surface area contributed by atoms with Gasteiger partial charge >= 0.3 is 39.5 Å². The van der Waals surface area contributed by atoms with Crippen LogP contribution in [0.1, 0.15) is 473 Å². The van der Waals surface area contributed by atoms with E-state index in [9.17, 15) is 43.2 Å². The van der Waals surface area contributed by atoms with Crippen LogP contribution in [0.5, 0.6) is 0 Å². The lowest BCUT2D eigenvalue weighted by Crippen LogP contribution is -2.30. The number of hydrogen-bond donors (Lipinski definition) is 3.